The van der Waals surface area contributed by atoms with Crippen LogP contribution in [0.15, 0.2) is 30.5 Å². The molecule has 4 unspecified atom stereocenters. The standard InChI is InChI=1S/C24H35N5O5S/c1-4-14(2)21(24(34)28-19(9-10-35-3)23(33)27-13-20(30)31)29-22(32)17(25)11-15-12-26-18-8-6-5-7-16(15)18/h5-8,12,14,17,19,21,26H,4,9-11,13,25H2,1-3H3,(H,27,33)(H,28,34)(H,29,32)(H,30,31). The van der Waals surface area contributed by atoms with Gasteiger partial charge in [0.1, 0.15) is 18.6 Å². The van der Waals surface area contributed by atoms with Gasteiger partial charge in [-0.05, 0) is 42.4 Å². The van der Waals surface area contributed by atoms with E-state index in [4.69, 9.17) is 10.8 Å². The second kappa shape index (κ2) is 13.7. The highest BCUT2D eigenvalue weighted by atomic mass is 32.2. The van der Waals surface area contributed by atoms with Crippen molar-refractivity contribution >= 4 is 46.4 Å². The minimum absolute atomic E-state index is 0.220. The monoisotopic (exact) mass is 505 g/mol. The number of carboxylic acids is 1. The molecule has 35 heavy (non-hydrogen) atoms. The summed E-state index contributed by atoms with van der Waals surface area (Å²) in [6.07, 6.45) is 4.91. The van der Waals surface area contributed by atoms with Gasteiger partial charge in [-0.2, -0.15) is 11.8 Å². The van der Waals surface area contributed by atoms with Crippen molar-refractivity contribution in [3.05, 3.63) is 36.0 Å². The fourth-order valence-electron chi connectivity index (χ4n) is 3.64. The van der Waals surface area contributed by atoms with Crippen molar-refractivity contribution in [1.82, 2.24) is 20.9 Å². The quantitative estimate of drug-likeness (QED) is 0.223. The Morgan fingerprint density at radius 1 is 1.11 bits per heavy atom. The molecule has 7 N–H and O–H groups in total. The third-order valence-corrected chi connectivity index (χ3v) is 6.55. The number of nitrogens with two attached hydrogens (primary N) is 1. The number of benzene rings is 1. The molecule has 0 fully saturated rings. The van der Waals surface area contributed by atoms with Gasteiger partial charge < -0.3 is 31.8 Å². The highest BCUT2D eigenvalue weighted by Crippen LogP contribution is 2.19. The van der Waals surface area contributed by atoms with Crippen LogP contribution in [-0.2, 0) is 25.6 Å². The molecule has 10 nitrogen and oxygen atoms in total. The number of H-pyrrole nitrogens is 1. The molecule has 11 heteroatoms. The maximum absolute atomic E-state index is 13.1. The van der Waals surface area contributed by atoms with Crippen LogP contribution >= 0.6 is 11.8 Å². The van der Waals surface area contributed by atoms with Crippen molar-refractivity contribution in [2.45, 2.75) is 51.2 Å². The van der Waals surface area contributed by atoms with Crippen LogP contribution in [0.3, 0.4) is 0 Å². The van der Waals surface area contributed by atoms with Crippen LogP contribution in [0.4, 0.5) is 0 Å². The van der Waals surface area contributed by atoms with Gasteiger partial charge >= 0.3 is 5.97 Å². The van der Waals surface area contributed by atoms with Gasteiger partial charge in [-0.1, -0.05) is 38.5 Å². The van der Waals surface area contributed by atoms with Crippen molar-refractivity contribution in [2.24, 2.45) is 11.7 Å². The van der Waals surface area contributed by atoms with E-state index in [1.54, 1.807) is 0 Å². The van der Waals surface area contributed by atoms with Crippen molar-refractivity contribution in [1.29, 1.82) is 0 Å². The Morgan fingerprint density at radius 2 is 1.83 bits per heavy atom. The van der Waals surface area contributed by atoms with Crippen molar-refractivity contribution < 1.29 is 24.3 Å². The van der Waals surface area contributed by atoms with Crippen LogP contribution in [-0.4, -0.2) is 70.5 Å². The lowest BCUT2D eigenvalue weighted by Crippen LogP contribution is -2.58. The van der Waals surface area contributed by atoms with Gasteiger partial charge in [0.2, 0.25) is 17.7 Å². The van der Waals surface area contributed by atoms with Gasteiger partial charge in [-0.25, -0.2) is 0 Å². The highest BCUT2D eigenvalue weighted by molar-refractivity contribution is 7.98. The summed E-state index contributed by atoms with van der Waals surface area (Å²) in [5, 5.41) is 17.6. The van der Waals surface area contributed by atoms with Crippen LogP contribution in [0, 0.1) is 5.92 Å². The molecule has 1 heterocycles. The number of carboxylic acid groups (broad SMARTS) is 1. The Labute approximate surface area is 209 Å². The lowest BCUT2D eigenvalue weighted by molar-refractivity contribution is -0.138. The van der Waals surface area contributed by atoms with Gasteiger partial charge in [0.15, 0.2) is 0 Å². The molecule has 0 saturated heterocycles. The van der Waals surface area contributed by atoms with E-state index >= 15 is 0 Å². The summed E-state index contributed by atoms with van der Waals surface area (Å²) in [4.78, 5) is 52.5. The van der Waals surface area contributed by atoms with Crippen molar-refractivity contribution in [3.8, 4) is 0 Å². The summed E-state index contributed by atoms with van der Waals surface area (Å²) in [6.45, 7) is 3.18. The second-order valence-electron chi connectivity index (χ2n) is 8.50. The highest BCUT2D eigenvalue weighted by Gasteiger charge is 2.31. The number of thioether (sulfide) groups is 1. The topological polar surface area (TPSA) is 166 Å². The molecule has 0 aliphatic rings. The number of carbonyl (C=O) groups is 4. The Morgan fingerprint density at radius 3 is 2.49 bits per heavy atom. The average molecular weight is 506 g/mol. The zero-order valence-corrected chi connectivity index (χ0v) is 21.1. The summed E-state index contributed by atoms with van der Waals surface area (Å²) in [7, 11) is 0. The van der Waals surface area contributed by atoms with Crippen LogP contribution in [0.5, 0.6) is 0 Å². The number of hydrogen-bond donors (Lipinski definition) is 6. The second-order valence-corrected chi connectivity index (χ2v) is 9.48. The Kier molecular flexibility index (Phi) is 11.1. The Hall–Kier alpha value is -3.05. The molecule has 2 rings (SSSR count). The van der Waals surface area contributed by atoms with Crippen LogP contribution in [0.2, 0.25) is 0 Å². The SMILES string of the molecule is CCC(C)C(NC(=O)C(N)Cc1c[nH]c2ccccc12)C(=O)NC(CCSC)C(=O)NCC(=O)O. The molecule has 1 aromatic carbocycles. The van der Waals surface area contributed by atoms with Gasteiger partial charge in [0, 0.05) is 17.1 Å². The van der Waals surface area contributed by atoms with E-state index in [1.807, 2.05) is 50.6 Å². The number of nitrogens with one attached hydrogen (secondary N) is 4. The van der Waals surface area contributed by atoms with Crippen LogP contribution < -0.4 is 21.7 Å². The zero-order chi connectivity index (χ0) is 26.0. The Bertz CT molecular complexity index is 1030. The first kappa shape index (κ1) is 28.2. The van der Waals surface area contributed by atoms with E-state index in [0.717, 1.165) is 16.5 Å². The minimum atomic E-state index is -1.18. The van der Waals surface area contributed by atoms with E-state index in [-0.39, 0.29) is 5.92 Å². The molecule has 0 saturated carbocycles. The third-order valence-electron chi connectivity index (χ3n) is 5.90. The Balaban J connectivity index is 2.09. The maximum Gasteiger partial charge on any atom is 0.322 e. The van der Waals surface area contributed by atoms with E-state index in [1.165, 1.54) is 11.8 Å². The number of rotatable bonds is 14. The lowest BCUT2D eigenvalue weighted by atomic mass is 9.96. The van der Waals surface area contributed by atoms with E-state index in [2.05, 4.69) is 20.9 Å². The number of carbonyl (C=O) groups excluding carboxylic acids is 3. The maximum atomic E-state index is 13.1. The summed E-state index contributed by atoms with van der Waals surface area (Å²) in [5.41, 5.74) is 8.04. The molecule has 3 amide bonds. The van der Waals surface area contributed by atoms with Crippen LogP contribution in [0.1, 0.15) is 32.3 Å². The first-order valence-electron chi connectivity index (χ1n) is 11.6. The van der Waals surface area contributed by atoms with E-state index in [0.29, 0.717) is 25.0 Å². The molecule has 0 bridgehead atoms. The van der Waals surface area contributed by atoms with Gasteiger partial charge in [0.25, 0.3) is 0 Å². The number of hydrogen-bond acceptors (Lipinski definition) is 6. The summed E-state index contributed by atoms with van der Waals surface area (Å²) >= 11 is 1.50. The van der Waals surface area contributed by atoms with Crippen molar-refractivity contribution in [3.63, 3.8) is 0 Å². The molecule has 192 valence electrons. The molecule has 0 aliphatic carbocycles. The normalized spacial score (nSPS) is 14.5. The first-order chi connectivity index (χ1) is 16.7. The molecular weight excluding hydrogens is 470 g/mol. The fourth-order valence-corrected chi connectivity index (χ4v) is 4.12. The van der Waals surface area contributed by atoms with E-state index in [9.17, 15) is 19.2 Å². The largest absolute Gasteiger partial charge is 0.480 e. The average Bonchev–Trinajstić information content (AvgIpc) is 3.25. The third kappa shape index (κ3) is 8.29. The lowest BCUT2D eigenvalue weighted by Gasteiger charge is -2.27. The van der Waals surface area contributed by atoms with E-state index < -0.39 is 48.4 Å². The van der Waals surface area contributed by atoms with Crippen molar-refractivity contribution in [2.75, 3.05) is 18.6 Å². The molecule has 2 aromatic rings. The van der Waals surface area contributed by atoms with Gasteiger partial charge in [0.05, 0.1) is 6.04 Å². The molecule has 0 radical (unpaired) electrons. The van der Waals surface area contributed by atoms with Crippen LogP contribution in [0.25, 0.3) is 10.9 Å². The number of amides is 3. The predicted octanol–water partition coefficient (Wildman–Crippen LogP) is 1.01. The molecule has 0 aliphatic heterocycles. The number of aromatic nitrogens is 1. The molecular formula is C24H35N5O5S. The first-order valence-corrected chi connectivity index (χ1v) is 13.0. The smallest absolute Gasteiger partial charge is 0.322 e. The summed E-state index contributed by atoms with van der Waals surface area (Å²) in [5.74, 6) is -2.37. The molecule has 1 aromatic heterocycles. The summed E-state index contributed by atoms with van der Waals surface area (Å²) in [6, 6.07) is 5.02. The number of para-hydroxylation sites is 1. The van der Waals surface area contributed by atoms with Gasteiger partial charge in [-0.3, -0.25) is 19.2 Å². The fraction of sp³-hybridized carbons (Fsp3) is 0.500. The zero-order valence-electron chi connectivity index (χ0n) is 20.3. The minimum Gasteiger partial charge on any atom is -0.480 e. The number of aliphatic carboxylic acids is 1. The number of fused-ring (bicyclic) bond motifs is 1. The number of aromatic amines is 1. The molecule has 0 spiro atoms. The predicted molar refractivity (Wildman–Crippen MR) is 137 cm³/mol. The molecule has 4 atom stereocenters. The summed E-state index contributed by atoms with van der Waals surface area (Å²) < 4.78 is 0. The van der Waals surface area contributed by atoms with Gasteiger partial charge in [-0.15, -0.1) is 0 Å².